The number of carbonyl (C=O) groups is 1. The number of Topliss-reactive ketones (excluding diaryl/α,β-unsaturated/α-hetero) is 1. The number of carbonyl (C=O) groups excluding carboxylic acids is 1. The van der Waals surface area contributed by atoms with Crippen LogP contribution in [0, 0.1) is 46.3 Å². The van der Waals surface area contributed by atoms with Gasteiger partial charge in [-0.25, -0.2) is 0 Å². The van der Waals surface area contributed by atoms with Gasteiger partial charge in [-0.3, -0.25) is 4.79 Å². The number of fused-ring (bicyclic) bond motifs is 5. The predicted molar refractivity (Wildman–Crippen MR) is 119 cm³/mol. The third-order valence-corrected chi connectivity index (χ3v) is 10.3. The molecule has 0 aromatic carbocycles. The first-order valence-corrected chi connectivity index (χ1v) is 12.6. The Hall–Kier alpha value is -0.630. The van der Waals surface area contributed by atoms with Crippen molar-refractivity contribution in [3.8, 4) is 0 Å². The average molecular weight is 401 g/mol. The summed E-state index contributed by atoms with van der Waals surface area (Å²) in [6.07, 6.45) is 15.8. The van der Waals surface area contributed by atoms with E-state index in [0.29, 0.717) is 35.1 Å². The van der Waals surface area contributed by atoms with E-state index in [4.69, 9.17) is 0 Å². The van der Waals surface area contributed by atoms with Crippen LogP contribution in [0.4, 0.5) is 0 Å². The summed E-state index contributed by atoms with van der Waals surface area (Å²) in [6, 6.07) is 0. The molecule has 164 valence electrons. The van der Waals surface area contributed by atoms with E-state index in [0.717, 1.165) is 49.4 Å². The minimum Gasteiger partial charge on any atom is -0.396 e. The van der Waals surface area contributed by atoms with E-state index in [2.05, 4.69) is 33.8 Å². The Bertz CT molecular complexity index is 651. The van der Waals surface area contributed by atoms with Crippen LogP contribution in [0.3, 0.4) is 0 Å². The fourth-order valence-corrected chi connectivity index (χ4v) is 8.36. The Balaban J connectivity index is 1.47. The van der Waals surface area contributed by atoms with Gasteiger partial charge in [0.15, 0.2) is 0 Å². The first-order valence-electron chi connectivity index (χ1n) is 12.6. The summed E-state index contributed by atoms with van der Waals surface area (Å²) in [5.74, 6) is 4.76. The topological polar surface area (TPSA) is 37.3 Å². The van der Waals surface area contributed by atoms with E-state index in [1.165, 1.54) is 44.9 Å². The summed E-state index contributed by atoms with van der Waals surface area (Å²) in [4.78, 5) is 12.1. The van der Waals surface area contributed by atoms with Crippen molar-refractivity contribution >= 4 is 5.78 Å². The quantitative estimate of drug-likeness (QED) is 0.512. The van der Waals surface area contributed by atoms with Crippen molar-refractivity contribution in [2.45, 2.75) is 98.3 Å². The second kappa shape index (κ2) is 8.13. The number of aliphatic hydroxyl groups excluding tert-OH is 1. The van der Waals surface area contributed by atoms with Gasteiger partial charge in [-0.15, -0.1) is 0 Å². The van der Waals surface area contributed by atoms with Gasteiger partial charge in [0.05, 0.1) is 0 Å². The van der Waals surface area contributed by atoms with Crippen molar-refractivity contribution in [1.82, 2.24) is 0 Å². The first-order chi connectivity index (χ1) is 13.8. The lowest BCUT2D eigenvalue weighted by atomic mass is 9.47. The molecule has 4 unspecified atom stereocenters. The van der Waals surface area contributed by atoms with Crippen LogP contribution >= 0.6 is 0 Å². The molecular weight excluding hydrogens is 356 g/mol. The van der Waals surface area contributed by atoms with Crippen molar-refractivity contribution in [2.75, 3.05) is 6.61 Å². The zero-order chi connectivity index (χ0) is 20.8. The number of ketones is 1. The molecule has 0 amide bonds. The summed E-state index contributed by atoms with van der Waals surface area (Å²) in [6.45, 7) is 10.2. The molecule has 0 spiro atoms. The van der Waals surface area contributed by atoms with Crippen LogP contribution in [-0.4, -0.2) is 17.5 Å². The average Bonchev–Trinajstić information content (AvgIpc) is 3.05. The van der Waals surface area contributed by atoms with Crippen LogP contribution in [0.5, 0.6) is 0 Å². The zero-order valence-corrected chi connectivity index (χ0v) is 19.4. The van der Waals surface area contributed by atoms with Crippen molar-refractivity contribution in [3.05, 3.63) is 11.6 Å². The van der Waals surface area contributed by atoms with Crippen LogP contribution in [0.1, 0.15) is 98.3 Å². The highest BCUT2D eigenvalue weighted by molar-refractivity contribution is 5.79. The maximum Gasteiger partial charge on any atom is 0.133 e. The highest BCUT2D eigenvalue weighted by atomic mass is 16.3. The normalized spacial score (nSPS) is 43.8. The summed E-state index contributed by atoms with van der Waals surface area (Å²) < 4.78 is 0. The number of hydrogen-bond donors (Lipinski definition) is 1. The van der Waals surface area contributed by atoms with Gasteiger partial charge in [0, 0.05) is 19.4 Å². The Morgan fingerprint density at radius 1 is 1.07 bits per heavy atom. The highest BCUT2D eigenvalue weighted by Crippen LogP contribution is 2.66. The molecule has 0 bridgehead atoms. The Morgan fingerprint density at radius 3 is 2.59 bits per heavy atom. The van der Waals surface area contributed by atoms with Crippen molar-refractivity contribution < 1.29 is 9.90 Å². The third-order valence-electron chi connectivity index (χ3n) is 10.3. The van der Waals surface area contributed by atoms with Gasteiger partial charge in [0.25, 0.3) is 0 Å². The van der Waals surface area contributed by atoms with Gasteiger partial charge in [-0.05, 0) is 91.3 Å². The molecule has 4 rings (SSSR count). The molecule has 29 heavy (non-hydrogen) atoms. The van der Waals surface area contributed by atoms with E-state index in [-0.39, 0.29) is 0 Å². The van der Waals surface area contributed by atoms with Crippen LogP contribution in [0.25, 0.3) is 0 Å². The predicted octanol–water partition coefficient (Wildman–Crippen LogP) is 6.57. The minimum atomic E-state index is 0.332. The fourth-order valence-electron chi connectivity index (χ4n) is 8.36. The van der Waals surface area contributed by atoms with Gasteiger partial charge >= 0.3 is 0 Å². The Morgan fingerprint density at radius 2 is 1.83 bits per heavy atom. The molecule has 0 aromatic rings. The largest absolute Gasteiger partial charge is 0.396 e. The standard InChI is InChI=1S/C27H44O2/c1-18(17-28)6-5-7-19(2)23-10-11-24-22-9-8-20-16-21(29)12-14-26(20,3)25(22)13-15-27(23,24)4/h9,18-20,23-25,28H,5-8,10-17H2,1-4H3/t18?,19?,20-,23+,24?,25?,26-,27+/m0/s1. The molecule has 0 heterocycles. The van der Waals surface area contributed by atoms with E-state index >= 15 is 0 Å². The van der Waals surface area contributed by atoms with Gasteiger partial charge in [-0.2, -0.15) is 0 Å². The molecule has 0 aromatic heterocycles. The lowest BCUT2D eigenvalue weighted by Crippen LogP contribution is -2.49. The molecule has 8 atom stereocenters. The van der Waals surface area contributed by atoms with E-state index < -0.39 is 0 Å². The first kappa shape index (κ1) is 21.6. The molecule has 4 aliphatic rings. The second-order valence-electron chi connectivity index (χ2n) is 11.9. The van der Waals surface area contributed by atoms with Gasteiger partial charge in [0.2, 0.25) is 0 Å². The molecule has 0 radical (unpaired) electrons. The molecular formula is C27H44O2. The van der Waals surface area contributed by atoms with Crippen molar-refractivity contribution in [2.24, 2.45) is 46.3 Å². The highest BCUT2D eigenvalue weighted by Gasteiger charge is 2.58. The van der Waals surface area contributed by atoms with E-state index in [9.17, 15) is 9.90 Å². The molecule has 1 N–H and O–H groups in total. The maximum absolute atomic E-state index is 12.1. The molecule has 0 aliphatic heterocycles. The SMILES string of the molecule is CC(CO)CCCC(C)[C@H]1CCC2C3=CC[C@H]4CC(=O)CC[C@]4(C)C3CC[C@@]21C. The summed E-state index contributed by atoms with van der Waals surface area (Å²) in [5.41, 5.74) is 2.68. The third kappa shape index (κ3) is 3.66. The maximum atomic E-state index is 12.1. The molecule has 0 saturated heterocycles. The number of hydrogen-bond acceptors (Lipinski definition) is 2. The summed E-state index contributed by atoms with van der Waals surface area (Å²) in [7, 11) is 0. The monoisotopic (exact) mass is 400 g/mol. The van der Waals surface area contributed by atoms with Crippen LogP contribution in [0.2, 0.25) is 0 Å². The molecule has 2 heteroatoms. The smallest absolute Gasteiger partial charge is 0.133 e. The van der Waals surface area contributed by atoms with E-state index in [1.807, 2.05) is 5.57 Å². The number of rotatable bonds is 6. The zero-order valence-electron chi connectivity index (χ0n) is 19.4. The van der Waals surface area contributed by atoms with Gasteiger partial charge in [0.1, 0.15) is 5.78 Å². The van der Waals surface area contributed by atoms with Crippen LogP contribution < -0.4 is 0 Å². The lowest BCUT2D eigenvalue weighted by molar-refractivity contribution is -0.127. The molecule has 2 nitrogen and oxygen atoms in total. The second-order valence-corrected chi connectivity index (χ2v) is 11.9. The molecule has 3 saturated carbocycles. The van der Waals surface area contributed by atoms with Crippen LogP contribution in [-0.2, 0) is 4.79 Å². The Kier molecular flexibility index (Phi) is 6.06. The molecule has 4 aliphatic carbocycles. The number of aliphatic hydroxyl groups is 1. The minimum absolute atomic E-state index is 0.332. The van der Waals surface area contributed by atoms with Gasteiger partial charge < -0.3 is 5.11 Å². The lowest BCUT2D eigenvalue weighted by Gasteiger charge is -2.57. The van der Waals surface area contributed by atoms with Crippen molar-refractivity contribution in [3.63, 3.8) is 0 Å². The fraction of sp³-hybridized carbons (Fsp3) is 0.889. The van der Waals surface area contributed by atoms with Crippen molar-refractivity contribution in [1.29, 1.82) is 0 Å². The molecule has 3 fully saturated rings. The number of allylic oxidation sites excluding steroid dienone is 2. The summed E-state index contributed by atoms with van der Waals surface area (Å²) >= 11 is 0. The Labute approximate surface area is 178 Å². The van der Waals surface area contributed by atoms with Crippen LogP contribution in [0.15, 0.2) is 11.6 Å². The van der Waals surface area contributed by atoms with Gasteiger partial charge in [-0.1, -0.05) is 52.2 Å². The summed E-state index contributed by atoms with van der Waals surface area (Å²) in [5, 5.41) is 9.31. The van der Waals surface area contributed by atoms with E-state index in [1.54, 1.807) is 0 Å².